The second kappa shape index (κ2) is 9.71. The highest BCUT2D eigenvalue weighted by molar-refractivity contribution is 6.07. The lowest BCUT2D eigenvalue weighted by atomic mass is 10.1. The van der Waals surface area contributed by atoms with Crippen LogP contribution < -0.4 is 23.7 Å². The Labute approximate surface area is 180 Å². The summed E-state index contributed by atoms with van der Waals surface area (Å²) in [4.78, 5) is 12.5. The number of ether oxygens (including phenoxy) is 5. The van der Waals surface area contributed by atoms with E-state index in [1.165, 1.54) is 13.2 Å². The van der Waals surface area contributed by atoms with E-state index in [0.717, 1.165) is 5.56 Å². The zero-order valence-electron chi connectivity index (χ0n) is 18.0. The van der Waals surface area contributed by atoms with Crippen molar-refractivity contribution in [2.45, 2.75) is 0 Å². The number of benzene rings is 2. The van der Waals surface area contributed by atoms with Gasteiger partial charge < -0.3 is 23.7 Å². The quantitative estimate of drug-likeness (QED) is 0.410. The maximum atomic E-state index is 12.5. The van der Waals surface area contributed by atoms with Crippen LogP contribution >= 0.6 is 0 Å². The summed E-state index contributed by atoms with van der Waals surface area (Å²) in [6, 6.07) is 10.4. The van der Waals surface area contributed by atoms with Crippen LogP contribution in [0.3, 0.4) is 0 Å². The van der Waals surface area contributed by atoms with Crippen molar-refractivity contribution in [3.8, 4) is 40.0 Å². The van der Waals surface area contributed by atoms with Gasteiger partial charge in [0.1, 0.15) is 0 Å². The summed E-state index contributed by atoms with van der Waals surface area (Å²) in [5.41, 5.74) is 2.59. The molecular formula is C23H24N2O6. The number of allylic oxidation sites excluding steroid dienone is 1. The van der Waals surface area contributed by atoms with Crippen LogP contribution in [0.25, 0.3) is 17.3 Å². The summed E-state index contributed by atoms with van der Waals surface area (Å²) in [6.45, 7) is 0. The highest BCUT2D eigenvalue weighted by atomic mass is 16.5. The summed E-state index contributed by atoms with van der Waals surface area (Å²) in [5, 5.41) is 7.23. The summed E-state index contributed by atoms with van der Waals surface area (Å²) < 4.78 is 26.6. The fraction of sp³-hybridized carbons (Fsp3) is 0.217. The van der Waals surface area contributed by atoms with E-state index in [1.54, 1.807) is 64.8 Å². The van der Waals surface area contributed by atoms with E-state index in [-0.39, 0.29) is 5.78 Å². The van der Waals surface area contributed by atoms with E-state index in [0.29, 0.717) is 45.7 Å². The molecule has 0 atom stereocenters. The number of ketones is 1. The molecule has 0 saturated carbocycles. The molecule has 0 aliphatic carbocycles. The van der Waals surface area contributed by atoms with Crippen molar-refractivity contribution >= 4 is 11.9 Å². The average molecular weight is 424 g/mol. The van der Waals surface area contributed by atoms with Crippen LogP contribution in [0.2, 0.25) is 0 Å². The van der Waals surface area contributed by atoms with Gasteiger partial charge in [-0.25, -0.2) is 0 Å². The Balaban J connectivity index is 1.83. The van der Waals surface area contributed by atoms with Gasteiger partial charge >= 0.3 is 0 Å². The predicted octanol–water partition coefficient (Wildman–Crippen LogP) is 4.02. The van der Waals surface area contributed by atoms with Crippen molar-refractivity contribution in [3.63, 3.8) is 0 Å². The summed E-state index contributed by atoms with van der Waals surface area (Å²) >= 11 is 0. The highest BCUT2D eigenvalue weighted by Gasteiger charge is 2.15. The molecule has 1 N–H and O–H groups in total. The van der Waals surface area contributed by atoms with E-state index in [2.05, 4.69) is 10.2 Å². The number of rotatable bonds is 9. The molecule has 8 nitrogen and oxygen atoms in total. The van der Waals surface area contributed by atoms with Crippen LogP contribution in [0.15, 0.2) is 42.5 Å². The standard InChI is InChI=1S/C23H24N2O6/c1-27-19-9-6-14(10-20(19)28-2)18(26)8-7-16-13-17(25-24-16)15-11-21(29-3)23(31-5)22(12-15)30-4/h6-13H,1-5H3,(H,24,25). The summed E-state index contributed by atoms with van der Waals surface area (Å²) in [7, 11) is 7.73. The van der Waals surface area contributed by atoms with Crippen LogP contribution in [0.5, 0.6) is 28.7 Å². The van der Waals surface area contributed by atoms with Crippen molar-refractivity contribution in [2.75, 3.05) is 35.5 Å². The van der Waals surface area contributed by atoms with Gasteiger partial charge in [0.05, 0.1) is 46.9 Å². The van der Waals surface area contributed by atoms with E-state index >= 15 is 0 Å². The van der Waals surface area contributed by atoms with Crippen molar-refractivity contribution in [3.05, 3.63) is 53.7 Å². The SMILES string of the molecule is COc1ccc(C(=O)C=Cc2cc(-c3cc(OC)c(OC)c(OC)c3)n[nH]2)cc1OC. The van der Waals surface area contributed by atoms with Gasteiger partial charge in [-0.2, -0.15) is 5.10 Å². The Morgan fingerprint density at radius 1 is 0.806 bits per heavy atom. The van der Waals surface area contributed by atoms with Crippen molar-refractivity contribution in [2.24, 2.45) is 0 Å². The van der Waals surface area contributed by atoms with Gasteiger partial charge in [0.2, 0.25) is 5.75 Å². The molecule has 0 aliphatic heterocycles. The monoisotopic (exact) mass is 424 g/mol. The number of hydrogen-bond acceptors (Lipinski definition) is 7. The molecule has 3 aromatic rings. The zero-order chi connectivity index (χ0) is 22.4. The Hall–Kier alpha value is -3.94. The second-order valence-corrected chi connectivity index (χ2v) is 6.39. The summed E-state index contributed by atoms with van der Waals surface area (Å²) in [6.07, 6.45) is 3.13. The van der Waals surface area contributed by atoms with Crippen molar-refractivity contribution < 1.29 is 28.5 Å². The zero-order valence-corrected chi connectivity index (χ0v) is 18.0. The Morgan fingerprint density at radius 2 is 1.45 bits per heavy atom. The predicted molar refractivity (Wildman–Crippen MR) is 117 cm³/mol. The van der Waals surface area contributed by atoms with Gasteiger partial charge in [-0.05, 0) is 48.6 Å². The number of carbonyl (C=O) groups excluding carboxylic acids is 1. The average Bonchev–Trinajstić information content (AvgIpc) is 3.30. The molecule has 0 amide bonds. The molecule has 0 fully saturated rings. The number of aromatic amines is 1. The minimum Gasteiger partial charge on any atom is -0.493 e. The van der Waals surface area contributed by atoms with Gasteiger partial charge in [-0.3, -0.25) is 9.89 Å². The largest absolute Gasteiger partial charge is 0.493 e. The number of methoxy groups -OCH3 is 5. The normalized spacial score (nSPS) is 10.7. The number of carbonyl (C=O) groups is 1. The number of hydrogen-bond donors (Lipinski definition) is 1. The smallest absolute Gasteiger partial charge is 0.203 e. The maximum absolute atomic E-state index is 12.5. The fourth-order valence-corrected chi connectivity index (χ4v) is 3.05. The molecule has 1 aromatic heterocycles. The molecule has 31 heavy (non-hydrogen) atoms. The van der Waals surface area contributed by atoms with E-state index < -0.39 is 0 Å². The van der Waals surface area contributed by atoms with E-state index in [9.17, 15) is 4.79 Å². The van der Waals surface area contributed by atoms with Crippen LogP contribution in [-0.4, -0.2) is 51.5 Å². The molecule has 2 aromatic carbocycles. The molecule has 0 saturated heterocycles. The first-order chi connectivity index (χ1) is 15.0. The molecule has 0 aliphatic rings. The van der Waals surface area contributed by atoms with Crippen LogP contribution in [0, 0.1) is 0 Å². The lowest BCUT2D eigenvalue weighted by Gasteiger charge is -2.13. The Kier molecular flexibility index (Phi) is 6.81. The second-order valence-electron chi connectivity index (χ2n) is 6.39. The van der Waals surface area contributed by atoms with Gasteiger partial charge in [0.25, 0.3) is 0 Å². The minimum atomic E-state index is -0.176. The fourth-order valence-electron chi connectivity index (χ4n) is 3.05. The first-order valence-corrected chi connectivity index (χ1v) is 9.34. The van der Waals surface area contributed by atoms with Gasteiger partial charge in [-0.15, -0.1) is 0 Å². The molecule has 8 heteroatoms. The number of nitrogens with one attached hydrogen (secondary N) is 1. The van der Waals surface area contributed by atoms with Gasteiger partial charge in [-0.1, -0.05) is 0 Å². The first kappa shape index (κ1) is 21.8. The molecule has 0 spiro atoms. The third-order valence-electron chi connectivity index (χ3n) is 4.64. The highest BCUT2D eigenvalue weighted by Crippen LogP contribution is 2.40. The topological polar surface area (TPSA) is 91.9 Å². The van der Waals surface area contributed by atoms with Crippen LogP contribution in [0.4, 0.5) is 0 Å². The lowest BCUT2D eigenvalue weighted by Crippen LogP contribution is -1.97. The van der Waals surface area contributed by atoms with E-state index in [1.807, 2.05) is 6.07 Å². The Morgan fingerprint density at radius 3 is 2.03 bits per heavy atom. The molecule has 1 heterocycles. The number of nitrogens with zero attached hydrogens (tertiary/aromatic N) is 1. The van der Waals surface area contributed by atoms with Crippen molar-refractivity contribution in [1.82, 2.24) is 10.2 Å². The molecule has 0 radical (unpaired) electrons. The first-order valence-electron chi connectivity index (χ1n) is 9.34. The molecule has 0 unspecified atom stereocenters. The number of aromatic nitrogens is 2. The number of H-pyrrole nitrogens is 1. The maximum Gasteiger partial charge on any atom is 0.203 e. The third-order valence-corrected chi connectivity index (χ3v) is 4.64. The van der Waals surface area contributed by atoms with Gasteiger partial charge in [0.15, 0.2) is 28.8 Å². The summed E-state index contributed by atoms with van der Waals surface area (Å²) in [5.74, 6) is 2.44. The minimum absolute atomic E-state index is 0.176. The molecular weight excluding hydrogens is 400 g/mol. The van der Waals surface area contributed by atoms with Crippen molar-refractivity contribution in [1.29, 1.82) is 0 Å². The lowest BCUT2D eigenvalue weighted by molar-refractivity contribution is 0.104. The molecule has 0 bridgehead atoms. The molecule has 162 valence electrons. The van der Waals surface area contributed by atoms with Crippen LogP contribution in [-0.2, 0) is 0 Å². The van der Waals surface area contributed by atoms with Crippen LogP contribution in [0.1, 0.15) is 16.1 Å². The van der Waals surface area contributed by atoms with E-state index in [4.69, 9.17) is 23.7 Å². The Bertz CT molecular complexity index is 1080. The van der Waals surface area contributed by atoms with Gasteiger partial charge in [0, 0.05) is 11.1 Å². The molecule has 3 rings (SSSR count). The third kappa shape index (κ3) is 4.63.